The largest absolute Gasteiger partial charge is 0.371 e. The maximum atomic E-state index is 12.1. The highest BCUT2D eigenvalue weighted by Crippen LogP contribution is 2.38. The third-order valence-corrected chi connectivity index (χ3v) is 3.44. The van der Waals surface area contributed by atoms with Gasteiger partial charge in [-0.25, -0.2) is 0 Å². The molecule has 2 rings (SSSR count). The molecule has 1 amide bonds. The van der Waals surface area contributed by atoms with Gasteiger partial charge < -0.3 is 9.64 Å². The molecule has 15 heavy (non-hydrogen) atoms. The Morgan fingerprint density at radius 1 is 1.33 bits per heavy atom. The number of hydrogen-bond donors (Lipinski definition) is 0. The Hall–Kier alpha value is -0.570. The van der Waals surface area contributed by atoms with Crippen molar-refractivity contribution in [1.82, 2.24) is 4.90 Å². The van der Waals surface area contributed by atoms with Crippen LogP contribution in [-0.4, -0.2) is 36.1 Å². The number of ether oxygens (including phenoxy) is 1. The van der Waals surface area contributed by atoms with Crippen LogP contribution in [0.15, 0.2) is 0 Å². The second kappa shape index (κ2) is 3.48. The predicted octanol–water partition coefficient (Wildman–Crippen LogP) is 1.81. The third-order valence-electron chi connectivity index (χ3n) is 3.44. The number of nitrogens with zero attached hydrogens (tertiary/aromatic N) is 1. The number of carbonyl (C=O) groups is 1. The molecule has 0 bridgehead atoms. The summed E-state index contributed by atoms with van der Waals surface area (Å²) in [5.74, 6) is 0.261. The van der Waals surface area contributed by atoms with E-state index in [1.807, 2.05) is 25.7 Å². The van der Waals surface area contributed by atoms with Crippen LogP contribution in [0, 0.1) is 5.41 Å². The van der Waals surface area contributed by atoms with E-state index < -0.39 is 0 Å². The highest BCUT2D eigenvalue weighted by atomic mass is 16.5. The predicted molar refractivity (Wildman–Crippen MR) is 58.6 cm³/mol. The highest BCUT2D eigenvalue weighted by molar-refractivity contribution is 5.81. The Bertz CT molecular complexity index is 263. The zero-order chi connectivity index (χ0) is 11.1. The number of carbonyl (C=O) groups excluding carboxylic acids is 1. The molecule has 3 nitrogen and oxygen atoms in total. The quantitative estimate of drug-likeness (QED) is 0.611. The topological polar surface area (TPSA) is 29.5 Å². The average molecular weight is 211 g/mol. The Labute approximate surface area is 91.8 Å². The van der Waals surface area contributed by atoms with Crippen LogP contribution < -0.4 is 0 Å². The Morgan fingerprint density at radius 3 is 2.47 bits per heavy atom. The van der Waals surface area contributed by atoms with Crippen molar-refractivity contribution in [2.24, 2.45) is 5.41 Å². The van der Waals surface area contributed by atoms with Crippen LogP contribution in [0.4, 0.5) is 0 Å². The molecule has 1 spiro atoms. The normalized spacial score (nSPS) is 25.1. The Kier molecular flexibility index (Phi) is 2.53. The number of hydrogen-bond acceptors (Lipinski definition) is 2. The van der Waals surface area contributed by atoms with E-state index >= 15 is 0 Å². The first-order chi connectivity index (χ1) is 6.93. The van der Waals surface area contributed by atoms with E-state index in [9.17, 15) is 4.79 Å². The fourth-order valence-corrected chi connectivity index (χ4v) is 2.37. The molecule has 1 saturated heterocycles. The van der Waals surface area contributed by atoms with Gasteiger partial charge in [0.25, 0.3) is 0 Å². The molecule has 0 aromatic heterocycles. The van der Waals surface area contributed by atoms with Crippen molar-refractivity contribution in [3.63, 3.8) is 0 Å². The summed E-state index contributed by atoms with van der Waals surface area (Å²) in [6.07, 6.45) is 3.50. The van der Waals surface area contributed by atoms with Crippen molar-refractivity contribution in [3.05, 3.63) is 0 Å². The number of amides is 1. The molecular weight excluding hydrogens is 190 g/mol. The van der Waals surface area contributed by atoms with E-state index in [-0.39, 0.29) is 16.9 Å². The van der Waals surface area contributed by atoms with Gasteiger partial charge in [-0.2, -0.15) is 0 Å². The van der Waals surface area contributed by atoms with Crippen LogP contribution in [-0.2, 0) is 9.53 Å². The summed E-state index contributed by atoms with van der Waals surface area (Å²) in [6.45, 7) is 8.23. The molecule has 1 saturated carbocycles. The van der Waals surface area contributed by atoms with Gasteiger partial charge >= 0.3 is 0 Å². The van der Waals surface area contributed by atoms with Crippen LogP contribution in [0.3, 0.4) is 0 Å². The molecule has 0 unspecified atom stereocenters. The van der Waals surface area contributed by atoms with Gasteiger partial charge in [0.1, 0.15) is 0 Å². The third kappa shape index (κ3) is 2.03. The van der Waals surface area contributed by atoms with E-state index in [0.717, 1.165) is 25.9 Å². The van der Waals surface area contributed by atoms with Gasteiger partial charge in [-0.3, -0.25) is 4.79 Å². The van der Waals surface area contributed by atoms with Crippen molar-refractivity contribution < 1.29 is 9.53 Å². The summed E-state index contributed by atoms with van der Waals surface area (Å²) >= 11 is 0. The molecule has 0 radical (unpaired) electrons. The second-order valence-corrected chi connectivity index (χ2v) is 5.86. The molecule has 2 aliphatic rings. The lowest BCUT2D eigenvalue weighted by atomic mass is 9.78. The van der Waals surface area contributed by atoms with E-state index in [0.29, 0.717) is 6.61 Å². The molecule has 0 aromatic carbocycles. The van der Waals surface area contributed by atoms with Crippen molar-refractivity contribution >= 4 is 5.91 Å². The fourth-order valence-electron chi connectivity index (χ4n) is 2.37. The zero-order valence-corrected chi connectivity index (χ0v) is 10.0. The van der Waals surface area contributed by atoms with Crippen LogP contribution in [0.2, 0.25) is 0 Å². The van der Waals surface area contributed by atoms with E-state index in [2.05, 4.69) is 0 Å². The Morgan fingerprint density at radius 2 is 2.00 bits per heavy atom. The van der Waals surface area contributed by atoms with Gasteiger partial charge in [0.05, 0.1) is 12.2 Å². The van der Waals surface area contributed by atoms with Gasteiger partial charge in [-0.1, -0.05) is 20.8 Å². The summed E-state index contributed by atoms with van der Waals surface area (Å²) in [7, 11) is 0. The van der Waals surface area contributed by atoms with Gasteiger partial charge in [0.2, 0.25) is 5.91 Å². The summed E-state index contributed by atoms with van der Waals surface area (Å²) < 4.78 is 5.80. The lowest BCUT2D eigenvalue weighted by molar-refractivity contribution is -0.173. The molecule has 1 heterocycles. The monoisotopic (exact) mass is 211 g/mol. The van der Waals surface area contributed by atoms with Crippen molar-refractivity contribution in [2.75, 3.05) is 19.7 Å². The highest BCUT2D eigenvalue weighted by Gasteiger charge is 2.44. The minimum atomic E-state index is -0.262. The average Bonchev–Trinajstić information content (AvgIpc) is 2.13. The minimum absolute atomic E-state index is 0.0269. The summed E-state index contributed by atoms with van der Waals surface area (Å²) in [5, 5.41) is 0. The molecule has 1 aliphatic carbocycles. The molecule has 2 fully saturated rings. The van der Waals surface area contributed by atoms with E-state index in [1.54, 1.807) is 0 Å². The molecule has 0 N–H and O–H groups in total. The second-order valence-electron chi connectivity index (χ2n) is 5.86. The minimum Gasteiger partial charge on any atom is -0.371 e. The molecular formula is C12H21NO2. The lowest BCUT2D eigenvalue weighted by Gasteiger charge is -2.49. The smallest absolute Gasteiger partial charge is 0.228 e. The van der Waals surface area contributed by atoms with Crippen molar-refractivity contribution in [1.29, 1.82) is 0 Å². The SMILES string of the molecule is CC(C)(C)C(=O)N1CCOC2(CCC2)C1. The summed E-state index contributed by atoms with van der Waals surface area (Å²) in [5.41, 5.74) is -0.235. The fraction of sp³-hybridized carbons (Fsp3) is 0.917. The maximum Gasteiger partial charge on any atom is 0.228 e. The van der Waals surface area contributed by atoms with E-state index in [4.69, 9.17) is 4.74 Å². The molecule has 0 atom stereocenters. The maximum absolute atomic E-state index is 12.1. The standard InChI is InChI=1S/C12H21NO2/c1-11(2,3)10(14)13-7-8-15-12(9-13)5-4-6-12/h4-9H2,1-3H3. The zero-order valence-electron chi connectivity index (χ0n) is 10.0. The molecule has 1 aliphatic heterocycles. The summed E-state index contributed by atoms with van der Waals surface area (Å²) in [6, 6.07) is 0. The van der Waals surface area contributed by atoms with Gasteiger partial charge in [-0.15, -0.1) is 0 Å². The van der Waals surface area contributed by atoms with Crippen LogP contribution in [0.5, 0.6) is 0 Å². The Balaban J connectivity index is 2.01. The summed E-state index contributed by atoms with van der Waals surface area (Å²) in [4.78, 5) is 14.1. The number of rotatable bonds is 0. The van der Waals surface area contributed by atoms with Crippen LogP contribution in [0.25, 0.3) is 0 Å². The van der Waals surface area contributed by atoms with Crippen molar-refractivity contribution in [2.45, 2.75) is 45.6 Å². The lowest BCUT2D eigenvalue weighted by Crippen LogP contribution is -2.58. The first kappa shape index (κ1) is 10.9. The molecule has 0 aromatic rings. The van der Waals surface area contributed by atoms with Gasteiger partial charge in [0.15, 0.2) is 0 Å². The first-order valence-electron chi connectivity index (χ1n) is 5.86. The molecule has 3 heteroatoms. The van der Waals surface area contributed by atoms with Gasteiger partial charge in [0, 0.05) is 18.5 Å². The number of morpholine rings is 1. The first-order valence-corrected chi connectivity index (χ1v) is 5.86. The van der Waals surface area contributed by atoms with E-state index in [1.165, 1.54) is 6.42 Å². The molecule has 86 valence electrons. The van der Waals surface area contributed by atoms with Crippen LogP contribution in [0.1, 0.15) is 40.0 Å². The van der Waals surface area contributed by atoms with Crippen LogP contribution >= 0.6 is 0 Å². The van der Waals surface area contributed by atoms with Gasteiger partial charge in [-0.05, 0) is 19.3 Å². The van der Waals surface area contributed by atoms with Crippen molar-refractivity contribution in [3.8, 4) is 0 Å².